The number of unbranched alkanes of at least 4 members (excludes halogenated alkanes) is 1. The van der Waals surface area contributed by atoms with Gasteiger partial charge in [0.1, 0.15) is 4.88 Å². The van der Waals surface area contributed by atoms with Gasteiger partial charge >= 0.3 is 0 Å². The average molecular weight is 306 g/mol. The molecule has 1 N–H and O–H groups in total. The van der Waals surface area contributed by atoms with Crippen LogP contribution < -0.4 is 5.32 Å². The van der Waals surface area contributed by atoms with Gasteiger partial charge in [0.2, 0.25) is 0 Å². The molecule has 0 saturated carbocycles. The lowest BCUT2D eigenvalue weighted by molar-refractivity contribution is 0.0955. The second kappa shape index (κ2) is 7.93. The predicted molar refractivity (Wildman–Crippen MR) is 84.6 cm³/mol. The third-order valence-corrected chi connectivity index (χ3v) is 4.23. The highest BCUT2D eigenvalue weighted by Gasteiger charge is 2.15. The molecule has 6 heteroatoms. The van der Waals surface area contributed by atoms with E-state index in [1.54, 1.807) is 12.5 Å². The fraction of sp³-hybridized carbons (Fsp3) is 0.533. The van der Waals surface area contributed by atoms with Crippen LogP contribution in [0.3, 0.4) is 0 Å². The summed E-state index contributed by atoms with van der Waals surface area (Å²) in [5.41, 5.74) is 0.950. The lowest BCUT2D eigenvalue weighted by Crippen LogP contribution is -2.25. The minimum atomic E-state index is 0.0114. The number of imidazole rings is 1. The van der Waals surface area contributed by atoms with Crippen LogP contribution in [0.1, 0.15) is 46.6 Å². The molecule has 0 atom stereocenters. The largest absolute Gasteiger partial charge is 0.351 e. The van der Waals surface area contributed by atoms with Crippen molar-refractivity contribution < 1.29 is 4.79 Å². The molecule has 0 fully saturated rings. The number of aryl methyl sites for hydroxylation is 3. The number of aromatic nitrogens is 3. The molecule has 0 aliphatic heterocycles. The standard InChI is InChI=1S/C15H22N4OS/c1-3-4-6-13-14(21-12(2)18-13)15(20)17-7-5-9-19-10-8-16-11-19/h8,10-11H,3-7,9H2,1-2H3,(H,17,20). The van der Waals surface area contributed by atoms with Gasteiger partial charge in [-0.15, -0.1) is 11.3 Å². The van der Waals surface area contributed by atoms with Crippen LogP contribution in [-0.4, -0.2) is 27.0 Å². The van der Waals surface area contributed by atoms with Gasteiger partial charge in [0.15, 0.2) is 0 Å². The first-order valence-electron chi connectivity index (χ1n) is 7.41. The molecule has 0 radical (unpaired) electrons. The van der Waals surface area contributed by atoms with Crippen molar-refractivity contribution in [3.63, 3.8) is 0 Å². The Balaban J connectivity index is 1.82. The molecule has 0 aliphatic rings. The lowest BCUT2D eigenvalue weighted by Gasteiger charge is -2.05. The molecule has 114 valence electrons. The maximum absolute atomic E-state index is 12.2. The van der Waals surface area contributed by atoms with Gasteiger partial charge in [-0.3, -0.25) is 4.79 Å². The predicted octanol–water partition coefficient (Wildman–Crippen LogP) is 2.81. The third kappa shape index (κ3) is 4.67. The van der Waals surface area contributed by atoms with Crippen LogP contribution in [0.25, 0.3) is 0 Å². The quantitative estimate of drug-likeness (QED) is 0.763. The number of thiazole rings is 1. The Morgan fingerprint density at radius 2 is 2.29 bits per heavy atom. The summed E-state index contributed by atoms with van der Waals surface area (Å²) in [7, 11) is 0. The smallest absolute Gasteiger partial charge is 0.263 e. The van der Waals surface area contributed by atoms with E-state index in [1.165, 1.54) is 11.3 Å². The Morgan fingerprint density at radius 1 is 1.43 bits per heavy atom. The van der Waals surface area contributed by atoms with Gasteiger partial charge in [0, 0.05) is 25.5 Å². The molecule has 0 spiro atoms. The first-order valence-corrected chi connectivity index (χ1v) is 8.22. The van der Waals surface area contributed by atoms with Crippen molar-refractivity contribution in [3.8, 4) is 0 Å². The number of nitrogens with zero attached hydrogens (tertiary/aromatic N) is 3. The number of hydrogen-bond donors (Lipinski definition) is 1. The number of amides is 1. The van der Waals surface area contributed by atoms with Crippen molar-refractivity contribution in [2.24, 2.45) is 0 Å². The minimum Gasteiger partial charge on any atom is -0.351 e. The molecule has 0 aliphatic carbocycles. The van der Waals surface area contributed by atoms with Crippen molar-refractivity contribution >= 4 is 17.2 Å². The Hall–Kier alpha value is -1.69. The first kappa shape index (κ1) is 15.7. The summed E-state index contributed by atoms with van der Waals surface area (Å²) in [4.78, 5) is 21.5. The topological polar surface area (TPSA) is 59.8 Å². The second-order valence-electron chi connectivity index (χ2n) is 5.02. The Kier molecular flexibility index (Phi) is 5.92. The summed E-state index contributed by atoms with van der Waals surface area (Å²) in [5, 5.41) is 3.95. The van der Waals surface area contributed by atoms with Crippen LogP contribution in [0.4, 0.5) is 0 Å². The Morgan fingerprint density at radius 3 is 3.00 bits per heavy atom. The summed E-state index contributed by atoms with van der Waals surface area (Å²) in [6.07, 6.45) is 9.45. The molecule has 5 nitrogen and oxygen atoms in total. The summed E-state index contributed by atoms with van der Waals surface area (Å²) >= 11 is 1.49. The zero-order valence-corrected chi connectivity index (χ0v) is 13.4. The van der Waals surface area contributed by atoms with Gasteiger partial charge in [0.05, 0.1) is 17.0 Å². The Labute approximate surface area is 129 Å². The third-order valence-electron chi connectivity index (χ3n) is 3.22. The fourth-order valence-electron chi connectivity index (χ4n) is 2.12. The molecule has 0 unspecified atom stereocenters. The SMILES string of the molecule is CCCCc1nc(C)sc1C(=O)NCCCn1ccnc1. The highest BCUT2D eigenvalue weighted by Crippen LogP contribution is 2.19. The molecule has 21 heavy (non-hydrogen) atoms. The number of carbonyl (C=O) groups is 1. The second-order valence-corrected chi connectivity index (χ2v) is 6.23. The van der Waals surface area contributed by atoms with Gasteiger partial charge in [0.25, 0.3) is 5.91 Å². The molecule has 0 saturated heterocycles. The molecular formula is C15H22N4OS. The van der Waals surface area contributed by atoms with E-state index in [2.05, 4.69) is 22.2 Å². The van der Waals surface area contributed by atoms with E-state index in [0.717, 1.165) is 47.8 Å². The van der Waals surface area contributed by atoms with Crippen molar-refractivity contribution in [2.75, 3.05) is 6.54 Å². The number of hydrogen-bond acceptors (Lipinski definition) is 4. The number of nitrogens with one attached hydrogen (secondary N) is 1. The highest BCUT2D eigenvalue weighted by atomic mass is 32.1. The van der Waals surface area contributed by atoms with Gasteiger partial charge in [-0.2, -0.15) is 0 Å². The summed E-state index contributed by atoms with van der Waals surface area (Å²) in [6, 6.07) is 0. The summed E-state index contributed by atoms with van der Waals surface area (Å²) in [5.74, 6) is 0.0114. The Bertz CT molecular complexity index is 562. The normalized spacial score (nSPS) is 10.8. The van der Waals surface area contributed by atoms with Crippen LogP contribution >= 0.6 is 11.3 Å². The maximum atomic E-state index is 12.2. The lowest BCUT2D eigenvalue weighted by atomic mass is 10.2. The van der Waals surface area contributed by atoms with Crippen LogP contribution in [-0.2, 0) is 13.0 Å². The average Bonchev–Trinajstić information content (AvgIpc) is 3.10. The summed E-state index contributed by atoms with van der Waals surface area (Å²) < 4.78 is 2.01. The van der Waals surface area contributed by atoms with E-state index in [0.29, 0.717) is 6.54 Å². The van der Waals surface area contributed by atoms with E-state index in [9.17, 15) is 4.79 Å². The fourth-order valence-corrected chi connectivity index (χ4v) is 3.01. The molecule has 0 bridgehead atoms. The molecule has 1 amide bonds. The molecule has 0 aromatic carbocycles. The van der Waals surface area contributed by atoms with Crippen molar-refractivity contribution in [2.45, 2.75) is 46.1 Å². The van der Waals surface area contributed by atoms with Gasteiger partial charge < -0.3 is 9.88 Å². The zero-order chi connectivity index (χ0) is 15.1. The van der Waals surface area contributed by atoms with E-state index >= 15 is 0 Å². The zero-order valence-electron chi connectivity index (χ0n) is 12.6. The number of carbonyl (C=O) groups excluding carboxylic acids is 1. The van der Waals surface area contributed by atoms with Crippen LogP contribution in [0, 0.1) is 6.92 Å². The van der Waals surface area contributed by atoms with E-state index in [4.69, 9.17) is 0 Å². The van der Waals surface area contributed by atoms with Gasteiger partial charge in [-0.1, -0.05) is 13.3 Å². The molecule has 2 heterocycles. The molecular weight excluding hydrogens is 284 g/mol. The monoisotopic (exact) mass is 306 g/mol. The first-order chi connectivity index (χ1) is 10.2. The summed E-state index contributed by atoms with van der Waals surface area (Å²) in [6.45, 7) is 5.64. The van der Waals surface area contributed by atoms with E-state index in [-0.39, 0.29) is 5.91 Å². The van der Waals surface area contributed by atoms with Crippen LogP contribution in [0.5, 0.6) is 0 Å². The highest BCUT2D eigenvalue weighted by molar-refractivity contribution is 7.13. The number of rotatable bonds is 8. The maximum Gasteiger partial charge on any atom is 0.263 e. The van der Waals surface area contributed by atoms with Crippen LogP contribution in [0.15, 0.2) is 18.7 Å². The van der Waals surface area contributed by atoms with E-state index < -0.39 is 0 Å². The van der Waals surface area contributed by atoms with Gasteiger partial charge in [-0.25, -0.2) is 9.97 Å². The van der Waals surface area contributed by atoms with E-state index in [1.807, 2.05) is 17.7 Å². The molecule has 2 aromatic rings. The van der Waals surface area contributed by atoms with Gasteiger partial charge in [-0.05, 0) is 26.2 Å². The van der Waals surface area contributed by atoms with Crippen LogP contribution in [0.2, 0.25) is 0 Å². The minimum absolute atomic E-state index is 0.0114. The van der Waals surface area contributed by atoms with Crippen molar-refractivity contribution in [1.82, 2.24) is 19.9 Å². The van der Waals surface area contributed by atoms with Crippen molar-refractivity contribution in [1.29, 1.82) is 0 Å². The van der Waals surface area contributed by atoms with Crippen molar-refractivity contribution in [3.05, 3.63) is 34.3 Å². The molecule has 2 aromatic heterocycles. The molecule has 2 rings (SSSR count).